The summed E-state index contributed by atoms with van der Waals surface area (Å²) in [6.07, 6.45) is 1.51. The number of hydrogen-bond acceptors (Lipinski definition) is 5. The van der Waals surface area contributed by atoms with E-state index in [1.165, 1.54) is 10.9 Å². The molecule has 7 nitrogen and oxygen atoms in total. The second-order valence-corrected chi connectivity index (χ2v) is 3.58. The number of nitrogens with one attached hydrogen (secondary N) is 1. The number of nitro benzene ring substituents is 1. The van der Waals surface area contributed by atoms with E-state index >= 15 is 0 Å². The molecule has 0 fully saturated rings. The van der Waals surface area contributed by atoms with E-state index in [9.17, 15) is 14.5 Å². The van der Waals surface area contributed by atoms with E-state index in [2.05, 4.69) is 15.6 Å². The first-order chi connectivity index (χ1) is 8.61. The predicted octanol–water partition coefficient (Wildman–Crippen LogP) is 1.03. The van der Waals surface area contributed by atoms with Crippen LogP contribution in [0.5, 0.6) is 0 Å². The highest BCUT2D eigenvalue weighted by atomic mass is 19.1. The summed E-state index contributed by atoms with van der Waals surface area (Å²) in [6.45, 7) is 0.483. The summed E-state index contributed by atoms with van der Waals surface area (Å²) in [5.74, 6) is -0.596. The molecule has 8 heteroatoms. The maximum atomic E-state index is 13.6. The monoisotopic (exact) mass is 251 g/mol. The van der Waals surface area contributed by atoms with Gasteiger partial charge in [-0.2, -0.15) is 0 Å². The van der Waals surface area contributed by atoms with Crippen molar-refractivity contribution in [2.75, 3.05) is 7.05 Å². The molecule has 1 N–H and O–H groups in total. The lowest BCUT2D eigenvalue weighted by atomic mass is 10.2. The Kier molecular flexibility index (Phi) is 3.28. The summed E-state index contributed by atoms with van der Waals surface area (Å²) >= 11 is 0. The van der Waals surface area contributed by atoms with Gasteiger partial charge in [-0.05, 0) is 13.1 Å². The molecule has 0 aliphatic heterocycles. The smallest absolute Gasteiger partial charge is 0.271 e. The van der Waals surface area contributed by atoms with Crippen LogP contribution < -0.4 is 5.32 Å². The van der Waals surface area contributed by atoms with Crippen LogP contribution in [0.1, 0.15) is 5.69 Å². The highest BCUT2D eigenvalue weighted by molar-refractivity contribution is 5.43. The van der Waals surface area contributed by atoms with Crippen molar-refractivity contribution in [3.05, 3.63) is 46.0 Å². The van der Waals surface area contributed by atoms with Gasteiger partial charge in [0, 0.05) is 18.7 Å². The van der Waals surface area contributed by atoms with Crippen LogP contribution in [0.4, 0.5) is 10.1 Å². The van der Waals surface area contributed by atoms with E-state index in [0.717, 1.165) is 18.2 Å². The Morgan fingerprint density at radius 3 is 3.00 bits per heavy atom. The molecule has 94 valence electrons. The Balaban J connectivity index is 2.41. The standard InChI is InChI=1S/C10H10FN5O2/c1-12-5-7-6-15(14-13-7)10-4-8(16(17)18)2-3-9(10)11/h2-4,6,12H,5H2,1H3. The van der Waals surface area contributed by atoms with Gasteiger partial charge < -0.3 is 5.32 Å². The number of hydrogen-bond donors (Lipinski definition) is 1. The van der Waals surface area contributed by atoms with Crippen LogP contribution in [0, 0.1) is 15.9 Å². The van der Waals surface area contributed by atoms with Crippen molar-refractivity contribution in [3.8, 4) is 5.69 Å². The molecule has 0 unspecified atom stereocenters. The van der Waals surface area contributed by atoms with Gasteiger partial charge in [-0.25, -0.2) is 9.07 Å². The first kappa shape index (κ1) is 12.1. The summed E-state index contributed by atoms with van der Waals surface area (Å²) in [5, 5.41) is 21.0. The highest BCUT2D eigenvalue weighted by Crippen LogP contribution is 2.19. The Hall–Kier alpha value is -2.35. The number of benzene rings is 1. The minimum absolute atomic E-state index is 0.000877. The third-order valence-electron chi connectivity index (χ3n) is 2.29. The quantitative estimate of drug-likeness (QED) is 0.648. The third-order valence-corrected chi connectivity index (χ3v) is 2.29. The fourth-order valence-electron chi connectivity index (χ4n) is 1.47. The van der Waals surface area contributed by atoms with E-state index in [0.29, 0.717) is 12.2 Å². The van der Waals surface area contributed by atoms with Gasteiger partial charge in [0.25, 0.3) is 5.69 Å². The van der Waals surface area contributed by atoms with Gasteiger partial charge in [-0.3, -0.25) is 10.1 Å². The van der Waals surface area contributed by atoms with Crippen LogP contribution in [0.25, 0.3) is 5.69 Å². The maximum absolute atomic E-state index is 13.6. The molecular formula is C10H10FN5O2. The summed E-state index contributed by atoms with van der Waals surface area (Å²) in [4.78, 5) is 10.0. The zero-order valence-electron chi connectivity index (χ0n) is 9.50. The second kappa shape index (κ2) is 4.88. The van der Waals surface area contributed by atoms with E-state index in [-0.39, 0.29) is 11.4 Å². The zero-order chi connectivity index (χ0) is 13.1. The molecular weight excluding hydrogens is 241 g/mol. The maximum Gasteiger partial charge on any atom is 0.271 e. The van der Waals surface area contributed by atoms with Gasteiger partial charge in [-0.1, -0.05) is 5.21 Å². The van der Waals surface area contributed by atoms with Crippen LogP contribution in [0.15, 0.2) is 24.4 Å². The van der Waals surface area contributed by atoms with Crippen molar-refractivity contribution in [3.63, 3.8) is 0 Å². The topological polar surface area (TPSA) is 85.9 Å². The lowest BCUT2D eigenvalue weighted by molar-refractivity contribution is -0.384. The Morgan fingerprint density at radius 1 is 1.56 bits per heavy atom. The van der Waals surface area contributed by atoms with Gasteiger partial charge in [0.05, 0.1) is 16.8 Å². The molecule has 0 radical (unpaired) electrons. The average molecular weight is 251 g/mol. The SMILES string of the molecule is CNCc1cn(-c2cc([N+](=O)[O-])ccc2F)nn1. The molecule has 0 spiro atoms. The van der Waals surface area contributed by atoms with Crippen molar-refractivity contribution in [1.82, 2.24) is 20.3 Å². The van der Waals surface area contributed by atoms with Crippen molar-refractivity contribution in [2.45, 2.75) is 6.54 Å². The molecule has 0 bridgehead atoms. The van der Waals surface area contributed by atoms with Gasteiger partial charge in [-0.15, -0.1) is 5.10 Å². The number of non-ortho nitro benzene ring substituents is 1. The van der Waals surface area contributed by atoms with Gasteiger partial charge in [0.1, 0.15) is 11.5 Å². The first-order valence-electron chi connectivity index (χ1n) is 5.12. The van der Waals surface area contributed by atoms with Crippen molar-refractivity contribution in [2.24, 2.45) is 0 Å². The van der Waals surface area contributed by atoms with Crippen molar-refractivity contribution >= 4 is 5.69 Å². The molecule has 1 aromatic heterocycles. The molecule has 1 aromatic carbocycles. The van der Waals surface area contributed by atoms with Crippen LogP contribution in [-0.2, 0) is 6.54 Å². The molecule has 2 rings (SSSR count). The van der Waals surface area contributed by atoms with Gasteiger partial charge in [0.2, 0.25) is 0 Å². The molecule has 1 heterocycles. The van der Waals surface area contributed by atoms with E-state index in [4.69, 9.17) is 0 Å². The minimum atomic E-state index is -0.596. The molecule has 0 saturated carbocycles. The Bertz CT molecular complexity index is 583. The third kappa shape index (κ3) is 2.33. The fraction of sp³-hybridized carbons (Fsp3) is 0.200. The number of rotatable bonds is 4. The predicted molar refractivity (Wildman–Crippen MR) is 60.7 cm³/mol. The molecule has 0 saturated heterocycles. The minimum Gasteiger partial charge on any atom is -0.314 e. The highest BCUT2D eigenvalue weighted by Gasteiger charge is 2.13. The van der Waals surface area contributed by atoms with Crippen LogP contribution in [-0.4, -0.2) is 27.0 Å². The Labute approximate surface area is 101 Å². The van der Waals surface area contributed by atoms with Crippen LogP contribution in [0.3, 0.4) is 0 Å². The van der Waals surface area contributed by atoms with E-state index in [1.807, 2.05) is 0 Å². The number of halogens is 1. The number of nitrogens with zero attached hydrogens (tertiary/aromatic N) is 4. The van der Waals surface area contributed by atoms with E-state index in [1.54, 1.807) is 7.05 Å². The lowest BCUT2D eigenvalue weighted by Crippen LogP contribution is -2.05. The van der Waals surface area contributed by atoms with Gasteiger partial charge >= 0.3 is 0 Å². The fourth-order valence-corrected chi connectivity index (χ4v) is 1.47. The lowest BCUT2D eigenvalue weighted by Gasteiger charge is -2.01. The summed E-state index contributed by atoms with van der Waals surface area (Å²) < 4.78 is 14.8. The normalized spacial score (nSPS) is 10.6. The zero-order valence-corrected chi connectivity index (χ0v) is 9.50. The molecule has 0 aliphatic carbocycles. The molecule has 2 aromatic rings. The van der Waals surface area contributed by atoms with Crippen molar-refractivity contribution < 1.29 is 9.31 Å². The average Bonchev–Trinajstić information content (AvgIpc) is 2.78. The number of aromatic nitrogens is 3. The summed E-state index contributed by atoms with van der Waals surface area (Å²) in [7, 11) is 1.74. The second-order valence-electron chi connectivity index (χ2n) is 3.58. The largest absolute Gasteiger partial charge is 0.314 e. The molecule has 18 heavy (non-hydrogen) atoms. The number of nitro groups is 1. The van der Waals surface area contributed by atoms with Crippen LogP contribution >= 0.6 is 0 Å². The summed E-state index contributed by atoms with van der Waals surface area (Å²) in [5.41, 5.74) is 0.416. The first-order valence-corrected chi connectivity index (χ1v) is 5.12. The Morgan fingerprint density at radius 2 is 2.33 bits per heavy atom. The van der Waals surface area contributed by atoms with Crippen molar-refractivity contribution in [1.29, 1.82) is 0 Å². The molecule has 0 aliphatic rings. The van der Waals surface area contributed by atoms with Crippen LogP contribution in [0.2, 0.25) is 0 Å². The summed E-state index contributed by atoms with van der Waals surface area (Å²) in [6, 6.07) is 3.25. The molecule has 0 atom stereocenters. The molecule has 0 amide bonds. The van der Waals surface area contributed by atoms with Gasteiger partial charge in [0.15, 0.2) is 0 Å². The van der Waals surface area contributed by atoms with E-state index < -0.39 is 10.7 Å².